The zero-order valence-corrected chi connectivity index (χ0v) is 53.4. The quantitative estimate of drug-likeness (QED) is 0.0446. The van der Waals surface area contributed by atoms with Crippen molar-refractivity contribution >= 4 is 35.3 Å². The van der Waals surface area contributed by atoms with E-state index in [0.29, 0.717) is 13.1 Å². The topological polar surface area (TPSA) is 164 Å². The van der Waals surface area contributed by atoms with Crippen molar-refractivity contribution in [2.75, 3.05) is 32.8 Å². The van der Waals surface area contributed by atoms with Crippen molar-refractivity contribution in [1.82, 2.24) is 4.90 Å². The molecule has 77 heavy (non-hydrogen) atoms. The first-order chi connectivity index (χ1) is 37.2. The molecule has 0 bridgehead atoms. The van der Waals surface area contributed by atoms with Gasteiger partial charge in [0, 0.05) is 31.0 Å². The maximum Gasteiger partial charge on any atom is 3.00 e. The zero-order chi connectivity index (χ0) is 56.7. The third-order valence-electron chi connectivity index (χ3n) is 14.9. The molecule has 0 aromatic heterocycles. The van der Waals surface area contributed by atoms with Crippen LogP contribution in [0.1, 0.15) is 381 Å². The molecule has 0 aromatic rings. The zero-order valence-electron chi connectivity index (χ0n) is 52.3. The summed E-state index contributed by atoms with van der Waals surface area (Å²) in [5.74, 6) is -2.71. The van der Waals surface area contributed by atoms with Crippen LogP contribution in [0.25, 0.3) is 0 Å². The fourth-order valence-electron chi connectivity index (χ4n) is 9.83. The Hall–Kier alpha value is -1.18. The van der Waals surface area contributed by atoms with Crippen LogP contribution in [0.15, 0.2) is 0 Å². The van der Waals surface area contributed by atoms with Crippen molar-refractivity contribution in [2.45, 2.75) is 381 Å². The Morgan fingerprint density at radius 3 is 0.532 bits per heavy atom. The molecule has 0 amide bonds. The molecule has 0 aliphatic rings. The standard InChI is InChI=1S/3C18H36O2.C13H29NO2.Al/c3*1-2-3-4-5-6-7-8-9-10-11-12-13-14-15-16-17-18(19)20;1-2-3-4-5-6-7-8-9-14(10-12-15)11-13-16;/h3*2-17H2,1H3,(H,19,20);15-16H,2-13H2,1H3;/q;;;;+3/p-3. The van der Waals surface area contributed by atoms with Gasteiger partial charge in [-0.3, -0.25) is 4.90 Å². The molecule has 0 spiro atoms. The number of aliphatic hydroxyl groups is 2. The van der Waals surface area contributed by atoms with Gasteiger partial charge in [0.2, 0.25) is 0 Å². The molecule has 0 heterocycles. The molecule has 0 unspecified atom stereocenters. The minimum Gasteiger partial charge on any atom is -0.550 e. The smallest absolute Gasteiger partial charge is 0.550 e. The van der Waals surface area contributed by atoms with Crippen LogP contribution < -0.4 is 15.3 Å². The van der Waals surface area contributed by atoms with Crippen molar-refractivity contribution in [3.63, 3.8) is 0 Å². The van der Waals surface area contributed by atoms with Gasteiger partial charge in [-0.15, -0.1) is 0 Å². The molecule has 0 aromatic carbocycles. The number of aliphatic hydroxyl groups excluding tert-OH is 2. The summed E-state index contributed by atoms with van der Waals surface area (Å²) in [6.07, 6.45) is 68.8. The van der Waals surface area contributed by atoms with Crippen molar-refractivity contribution in [3.8, 4) is 0 Å². The van der Waals surface area contributed by atoms with Gasteiger partial charge >= 0.3 is 17.4 Å². The fraction of sp³-hybridized carbons (Fsp3) is 0.955. The van der Waals surface area contributed by atoms with E-state index in [9.17, 15) is 29.7 Å². The second-order valence-electron chi connectivity index (χ2n) is 22.6. The number of nitrogens with zero attached hydrogens (tertiary/aromatic N) is 1. The van der Waals surface area contributed by atoms with Crippen LogP contribution in [0.5, 0.6) is 0 Å². The molecule has 0 saturated heterocycles. The second-order valence-corrected chi connectivity index (χ2v) is 22.6. The van der Waals surface area contributed by atoms with Gasteiger partial charge in [-0.2, -0.15) is 0 Å². The molecule has 0 fully saturated rings. The number of carboxylic acids is 3. The van der Waals surface area contributed by atoms with E-state index < -0.39 is 17.9 Å². The molecular formula is C67H134AlNO8. The molecule has 2 N–H and O–H groups in total. The van der Waals surface area contributed by atoms with Gasteiger partial charge in [0.25, 0.3) is 0 Å². The summed E-state index contributed by atoms with van der Waals surface area (Å²) in [5, 5.41) is 48.3. The van der Waals surface area contributed by atoms with Gasteiger partial charge < -0.3 is 39.9 Å². The summed E-state index contributed by atoms with van der Waals surface area (Å²) in [7, 11) is 0. The van der Waals surface area contributed by atoms with Gasteiger partial charge in [-0.05, 0) is 51.5 Å². The van der Waals surface area contributed by atoms with E-state index in [1.54, 1.807) is 0 Å². The van der Waals surface area contributed by atoms with Crippen LogP contribution in [0.3, 0.4) is 0 Å². The first-order valence-corrected chi connectivity index (χ1v) is 33.7. The SMILES string of the molecule is CCCCCCCCCCCCCCCCCC(=O)[O-].CCCCCCCCCCCCCCCCCC(=O)[O-].CCCCCCCCCCCCCCCCCC(=O)[O-].CCCCCCCCCN(CCO)CCO.[Al+3]. The van der Waals surface area contributed by atoms with Crippen LogP contribution in [0.4, 0.5) is 0 Å². The largest absolute Gasteiger partial charge is 3.00 e. The van der Waals surface area contributed by atoms with Gasteiger partial charge in [0.1, 0.15) is 0 Å². The Morgan fingerprint density at radius 1 is 0.247 bits per heavy atom. The summed E-state index contributed by atoms with van der Waals surface area (Å²) in [4.78, 5) is 32.8. The third-order valence-corrected chi connectivity index (χ3v) is 14.9. The molecule has 0 saturated carbocycles. The molecule has 0 rings (SSSR count). The Morgan fingerprint density at radius 2 is 0.390 bits per heavy atom. The summed E-state index contributed by atoms with van der Waals surface area (Å²) in [5.41, 5.74) is 0. The van der Waals surface area contributed by atoms with E-state index in [1.807, 2.05) is 0 Å². The minimum absolute atomic E-state index is 0. The van der Waals surface area contributed by atoms with Crippen molar-refractivity contribution in [1.29, 1.82) is 0 Å². The van der Waals surface area contributed by atoms with Crippen LogP contribution >= 0.6 is 0 Å². The Balaban J connectivity index is -0.000000299. The maximum absolute atomic E-state index is 10.2. The minimum atomic E-state index is -0.903. The van der Waals surface area contributed by atoms with Crippen LogP contribution in [0, 0.1) is 0 Å². The molecule has 9 nitrogen and oxygen atoms in total. The number of carboxylic acid groups (broad SMARTS) is 3. The summed E-state index contributed by atoms with van der Waals surface area (Å²) in [6.45, 7) is 11.8. The van der Waals surface area contributed by atoms with Crippen molar-refractivity contribution in [3.05, 3.63) is 0 Å². The monoisotopic (exact) mass is 1110 g/mol. The molecule has 0 aliphatic heterocycles. The Bertz CT molecular complexity index is 957. The van der Waals surface area contributed by atoms with E-state index in [-0.39, 0.29) is 49.8 Å². The van der Waals surface area contributed by atoms with E-state index >= 15 is 0 Å². The predicted molar refractivity (Wildman–Crippen MR) is 328 cm³/mol. The number of hydrogen-bond donors (Lipinski definition) is 2. The Labute approximate surface area is 491 Å². The third kappa shape index (κ3) is 94.4. The summed E-state index contributed by atoms with van der Waals surface area (Å²) in [6, 6.07) is 0. The number of aliphatic carboxylic acids is 3. The molecule has 0 radical (unpaired) electrons. The number of unbranched alkanes of at least 4 members (excludes halogenated alkanes) is 48. The molecular weight excluding hydrogens is 974 g/mol. The van der Waals surface area contributed by atoms with Crippen LogP contribution in [0.2, 0.25) is 0 Å². The average Bonchev–Trinajstić information content (AvgIpc) is 3.40. The summed E-state index contributed by atoms with van der Waals surface area (Å²) >= 11 is 0. The molecule has 10 heteroatoms. The summed E-state index contributed by atoms with van der Waals surface area (Å²) < 4.78 is 0. The van der Waals surface area contributed by atoms with Gasteiger partial charge in [0.05, 0.1) is 13.2 Å². The molecule has 0 atom stereocenters. The van der Waals surface area contributed by atoms with Crippen LogP contribution in [-0.4, -0.2) is 83.2 Å². The van der Waals surface area contributed by atoms with E-state index in [0.717, 1.165) is 45.1 Å². The van der Waals surface area contributed by atoms with Crippen molar-refractivity contribution < 1.29 is 39.9 Å². The average molecular weight is 1110 g/mol. The second kappa shape index (κ2) is 81.3. The first-order valence-electron chi connectivity index (χ1n) is 33.7. The van der Waals surface area contributed by atoms with E-state index in [1.165, 1.54) is 295 Å². The normalized spacial score (nSPS) is 10.8. The fourth-order valence-corrected chi connectivity index (χ4v) is 9.83. The number of rotatable bonds is 60. The van der Waals surface area contributed by atoms with E-state index in [4.69, 9.17) is 10.2 Å². The molecule has 0 aliphatic carbocycles. The number of carbonyl (C=O) groups is 3. The van der Waals surface area contributed by atoms with Gasteiger partial charge in [-0.25, -0.2) is 0 Å². The Kier molecular flexibility index (Phi) is 89.4. The van der Waals surface area contributed by atoms with Gasteiger partial charge in [-0.1, -0.05) is 336 Å². The number of hydrogen-bond acceptors (Lipinski definition) is 9. The first kappa shape index (κ1) is 84.6. The number of carbonyl (C=O) groups excluding carboxylic acids is 3. The predicted octanol–water partition coefficient (Wildman–Crippen LogP) is 16.6. The van der Waals surface area contributed by atoms with Crippen molar-refractivity contribution in [2.24, 2.45) is 0 Å². The van der Waals surface area contributed by atoms with E-state index in [2.05, 4.69) is 32.6 Å². The van der Waals surface area contributed by atoms with Crippen LogP contribution in [-0.2, 0) is 14.4 Å². The maximum atomic E-state index is 10.2. The van der Waals surface area contributed by atoms with Gasteiger partial charge in [0.15, 0.2) is 0 Å². The molecule has 458 valence electrons.